The third-order valence-corrected chi connectivity index (χ3v) is 5.43. The number of amides is 1. The molecule has 0 aliphatic carbocycles. The van der Waals surface area contributed by atoms with Crippen molar-refractivity contribution in [2.45, 2.75) is 26.3 Å². The fraction of sp³-hybridized carbons (Fsp3) is 0.368. The van der Waals surface area contributed by atoms with Crippen LogP contribution in [0.3, 0.4) is 0 Å². The molecule has 1 atom stereocenters. The normalized spacial score (nSPS) is 16.9. The second-order valence-corrected chi connectivity index (χ2v) is 8.17. The van der Waals surface area contributed by atoms with Crippen molar-refractivity contribution in [2.24, 2.45) is 5.92 Å². The molecular formula is C19H20BrFN6O2. The van der Waals surface area contributed by atoms with E-state index in [2.05, 4.69) is 43.2 Å². The highest BCUT2D eigenvalue weighted by atomic mass is 79.9. The van der Waals surface area contributed by atoms with Crippen LogP contribution in [0.2, 0.25) is 0 Å². The van der Waals surface area contributed by atoms with E-state index in [1.54, 1.807) is 12.3 Å². The zero-order chi connectivity index (χ0) is 20.5. The molecule has 0 bridgehead atoms. The van der Waals surface area contributed by atoms with Crippen LogP contribution in [0, 0.1) is 11.7 Å². The number of fused-ring (bicyclic) bond motifs is 1. The fourth-order valence-corrected chi connectivity index (χ4v) is 3.89. The Labute approximate surface area is 174 Å². The van der Waals surface area contributed by atoms with Crippen molar-refractivity contribution in [1.29, 1.82) is 0 Å². The van der Waals surface area contributed by atoms with Crippen LogP contribution in [0.25, 0.3) is 5.65 Å². The van der Waals surface area contributed by atoms with Crippen molar-refractivity contribution in [3.8, 4) is 0 Å². The molecule has 1 aliphatic heterocycles. The summed E-state index contributed by atoms with van der Waals surface area (Å²) in [5.74, 6) is 0.0547. The minimum absolute atomic E-state index is 0.0414. The van der Waals surface area contributed by atoms with Gasteiger partial charge in [0.15, 0.2) is 5.82 Å². The number of aromatic nitrogens is 4. The molecule has 0 saturated carbocycles. The molecule has 1 amide bonds. The predicted molar refractivity (Wildman–Crippen MR) is 111 cm³/mol. The molecule has 3 heterocycles. The first-order valence-corrected chi connectivity index (χ1v) is 10.2. The van der Waals surface area contributed by atoms with Crippen molar-refractivity contribution in [2.75, 3.05) is 23.3 Å². The molecule has 1 N–H and O–H groups in total. The summed E-state index contributed by atoms with van der Waals surface area (Å²) in [5.41, 5.74) is 0.00836. The number of carbonyl (C=O) groups is 1. The number of nitrogens with one attached hydrogen (secondary N) is 1. The van der Waals surface area contributed by atoms with Gasteiger partial charge < -0.3 is 10.2 Å². The van der Waals surface area contributed by atoms with Crippen molar-refractivity contribution in [3.05, 3.63) is 51.4 Å². The molecule has 0 spiro atoms. The maximum absolute atomic E-state index is 13.9. The molecule has 2 aromatic heterocycles. The van der Waals surface area contributed by atoms with Crippen molar-refractivity contribution in [3.63, 3.8) is 0 Å². The van der Waals surface area contributed by atoms with Crippen LogP contribution in [0.4, 0.5) is 15.9 Å². The molecule has 1 fully saturated rings. The third-order valence-electron chi connectivity index (χ3n) is 4.94. The topological polar surface area (TPSA) is 84.5 Å². The number of hydrogen-bond donors (Lipinski definition) is 1. The number of benzene rings is 1. The monoisotopic (exact) mass is 462 g/mol. The first-order chi connectivity index (χ1) is 13.9. The Morgan fingerprint density at radius 3 is 3.00 bits per heavy atom. The number of carbonyl (C=O) groups excluding carboxylic acids is 1. The van der Waals surface area contributed by atoms with Gasteiger partial charge in [-0.1, -0.05) is 22.9 Å². The van der Waals surface area contributed by atoms with Gasteiger partial charge in [0.2, 0.25) is 11.6 Å². The number of hydrogen-bond acceptors (Lipinski definition) is 5. The van der Waals surface area contributed by atoms with Gasteiger partial charge in [-0.3, -0.25) is 4.79 Å². The van der Waals surface area contributed by atoms with E-state index < -0.39 is 17.4 Å². The van der Waals surface area contributed by atoms with E-state index in [0.29, 0.717) is 21.9 Å². The van der Waals surface area contributed by atoms with E-state index in [4.69, 9.17) is 0 Å². The van der Waals surface area contributed by atoms with Gasteiger partial charge in [0, 0.05) is 30.0 Å². The second-order valence-electron chi connectivity index (χ2n) is 7.25. The Balaban J connectivity index is 1.59. The summed E-state index contributed by atoms with van der Waals surface area (Å²) >= 11 is 3.17. The molecule has 1 aliphatic rings. The predicted octanol–water partition coefficient (Wildman–Crippen LogP) is 2.67. The van der Waals surface area contributed by atoms with Gasteiger partial charge in [-0.05, 0) is 37.0 Å². The van der Waals surface area contributed by atoms with Crippen LogP contribution < -0.4 is 15.9 Å². The lowest BCUT2D eigenvalue weighted by Crippen LogP contribution is -2.35. The number of halogens is 2. The third kappa shape index (κ3) is 4.02. The highest BCUT2D eigenvalue weighted by Gasteiger charge is 2.22. The molecule has 1 saturated heterocycles. The Bertz CT molecular complexity index is 1130. The summed E-state index contributed by atoms with van der Waals surface area (Å²) in [7, 11) is 0. The van der Waals surface area contributed by atoms with E-state index in [9.17, 15) is 14.0 Å². The molecule has 8 nitrogen and oxygen atoms in total. The zero-order valence-corrected chi connectivity index (χ0v) is 17.4. The van der Waals surface area contributed by atoms with Crippen LogP contribution >= 0.6 is 15.9 Å². The molecule has 0 radical (unpaired) electrons. The van der Waals surface area contributed by atoms with Crippen LogP contribution in [-0.2, 0) is 11.3 Å². The molecule has 1 aromatic carbocycles. The van der Waals surface area contributed by atoms with Gasteiger partial charge in [-0.15, -0.1) is 5.10 Å². The summed E-state index contributed by atoms with van der Waals surface area (Å²) in [6, 6.07) is 4.32. The molecule has 29 heavy (non-hydrogen) atoms. The molecule has 3 aromatic rings. The lowest BCUT2D eigenvalue weighted by Gasteiger charge is -2.31. The SMILES string of the molecule is CC1CCCN(c2nccn3c(=O)n(CC(=O)Nc4ccc(Br)cc4F)nc23)C1. The lowest BCUT2D eigenvalue weighted by atomic mass is 10.0. The number of anilines is 2. The lowest BCUT2D eigenvalue weighted by molar-refractivity contribution is -0.117. The number of nitrogens with zero attached hydrogens (tertiary/aromatic N) is 5. The van der Waals surface area contributed by atoms with Gasteiger partial charge in [-0.2, -0.15) is 0 Å². The van der Waals surface area contributed by atoms with E-state index >= 15 is 0 Å². The smallest absolute Gasteiger partial charge is 0.350 e. The first-order valence-electron chi connectivity index (χ1n) is 9.36. The van der Waals surface area contributed by atoms with Crippen LogP contribution in [0.5, 0.6) is 0 Å². The summed E-state index contributed by atoms with van der Waals surface area (Å²) in [6.45, 7) is 3.55. The summed E-state index contributed by atoms with van der Waals surface area (Å²) in [6.07, 6.45) is 5.31. The summed E-state index contributed by atoms with van der Waals surface area (Å²) < 4.78 is 17.0. The number of rotatable bonds is 4. The second kappa shape index (κ2) is 7.94. The van der Waals surface area contributed by atoms with Crippen molar-refractivity contribution >= 4 is 39.0 Å². The van der Waals surface area contributed by atoms with Gasteiger partial charge in [0.05, 0.1) is 5.69 Å². The minimum atomic E-state index is -0.569. The maximum Gasteiger partial charge on any atom is 0.350 e. The van der Waals surface area contributed by atoms with Gasteiger partial charge in [0.25, 0.3) is 0 Å². The molecule has 10 heteroatoms. The van der Waals surface area contributed by atoms with Crippen molar-refractivity contribution < 1.29 is 9.18 Å². The highest BCUT2D eigenvalue weighted by molar-refractivity contribution is 9.10. The Morgan fingerprint density at radius 2 is 2.24 bits per heavy atom. The van der Waals surface area contributed by atoms with E-state index in [0.717, 1.165) is 30.6 Å². The Kier molecular flexibility index (Phi) is 5.35. The first kappa shape index (κ1) is 19.6. The van der Waals surface area contributed by atoms with E-state index in [-0.39, 0.29) is 12.2 Å². The summed E-state index contributed by atoms with van der Waals surface area (Å²) in [5, 5.41) is 6.80. The molecule has 1 unspecified atom stereocenters. The van der Waals surface area contributed by atoms with Crippen LogP contribution in [-0.4, -0.2) is 38.2 Å². The van der Waals surface area contributed by atoms with Crippen molar-refractivity contribution in [1.82, 2.24) is 19.2 Å². The van der Waals surface area contributed by atoms with Gasteiger partial charge in [-0.25, -0.2) is 23.3 Å². The zero-order valence-electron chi connectivity index (χ0n) is 15.8. The van der Waals surface area contributed by atoms with Crippen LogP contribution in [0.15, 0.2) is 39.9 Å². The summed E-state index contributed by atoms with van der Waals surface area (Å²) in [4.78, 5) is 31.6. The fourth-order valence-electron chi connectivity index (χ4n) is 3.56. The van der Waals surface area contributed by atoms with E-state index in [1.807, 2.05) is 0 Å². The molecule has 152 valence electrons. The highest BCUT2D eigenvalue weighted by Crippen LogP contribution is 2.23. The van der Waals surface area contributed by atoms with Gasteiger partial charge in [0.1, 0.15) is 12.4 Å². The Hall–Kier alpha value is -2.75. The largest absolute Gasteiger partial charge is 0.353 e. The average molecular weight is 463 g/mol. The van der Waals surface area contributed by atoms with Gasteiger partial charge >= 0.3 is 5.69 Å². The Morgan fingerprint density at radius 1 is 1.41 bits per heavy atom. The molecule has 4 rings (SSSR count). The minimum Gasteiger partial charge on any atom is -0.353 e. The van der Waals surface area contributed by atoms with Crippen LogP contribution in [0.1, 0.15) is 19.8 Å². The molecular weight excluding hydrogens is 443 g/mol. The standard InChI is InChI=1S/C19H20BrFN6O2/c1-12-3-2-7-25(10-12)17-18-24-27(19(29)26(18)8-6-22-17)11-16(28)23-15-5-4-13(20)9-14(15)21/h4-6,8-9,12H,2-3,7,10-11H2,1H3,(H,23,28). The average Bonchev–Trinajstić information content (AvgIpc) is 3.00. The van der Waals surface area contributed by atoms with E-state index in [1.165, 1.54) is 22.7 Å². The number of piperidine rings is 1. The quantitative estimate of drug-likeness (QED) is 0.644. The maximum atomic E-state index is 13.9.